The Labute approximate surface area is 130 Å². The van der Waals surface area contributed by atoms with Crippen molar-refractivity contribution in [3.63, 3.8) is 0 Å². The summed E-state index contributed by atoms with van der Waals surface area (Å²) in [7, 11) is 0. The Bertz CT molecular complexity index is 302. The van der Waals surface area contributed by atoms with Gasteiger partial charge in [-0.05, 0) is 45.1 Å². The molecule has 1 aliphatic carbocycles. The number of hydrogen-bond donors (Lipinski definition) is 2. The average molecular weight is 295 g/mol. The third-order valence-electron chi connectivity index (χ3n) is 5.16. The molecule has 2 amide bonds. The number of piperidine rings is 1. The van der Waals surface area contributed by atoms with Crippen molar-refractivity contribution in [1.82, 2.24) is 15.5 Å². The molecule has 1 aliphatic heterocycles. The Morgan fingerprint density at radius 1 is 1.05 bits per heavy atom. The molecule has 2 N–H and O–H groups in total. The van der Waals surface area contributed by atoms with Gasteiger partial charge >= 0.3 is 6.03 Å². The van der Waals surface area contributed by atoms with Crippen molar-refractivity contribution in [3.8, 4) is 0 Å². The molecule has 0 aromatic heterocycles. The van der Waals surface area contributed by atoms with Crippen molar-refractivity contribution in [1.29, 1.82) is 0 Å². The molecule has 0 aromatic rings. The Hall–Kier alpha value is -0.770. The molecule has 0 radical (unpaired) electrons. The Morgan fingerprint density at radius 2 is 1.76 bits per heavy atom. The van der Waals surface area contributed by atoms with E-state index in [-0.39, 0.29) is 6.03 Å². The second-order valence-electron chi connectivity index (χ2n) is 6.86. The van der Waals surface area contributed by atoms with Gasteiger partial charge in [-0.3, -0.25) is 0 Å². The predicted octanol–water partition coefficient (Wildman–Crippen LogP) is 3.13. The molecule has 21 heavy (non-hydrogen) atoms. The molecular formula is C17H33N3O. The zero-order chi connectivity index (χ0) is 14.9. The fraction of sp³-hybridized carbons (Fsp3) is 0.941. The zero-order valence-electron chi connectivity index (χ0n) is 13.7. The van der Waals surface area contributed by atoms with Crippen molar-refractivity contribution in [2.24, 2.45) is 5.92 Å². The summed E-state index contributed by atoms with van der Waals surface area (Å²) in [5, 5.41) is 5.98. The second kappa shape index (κ2) is 9.29. The molecule has 1 saturated heterocycles. The normalized spacial score (nSPS) is 24.1. The van der Waals surface area contributed by atoms with Gasteiger partial charge in [-0.25, -0.2) is 4.79 Å². The Balaban J connectivity index is 1.45. The van der Waals surface area contributed by atoms with Crippen LogP contribution in [0.2, 0.25) is 0 Å². The van der Waals surface area contributed by atoms with Crippen molar-refractivity contribution in [2.75, 3.05) is 26.2 Å². The van der Waals surface area contributed by atoms with E-state index in [1.54, 1.807) is 0 Å². The van der Waals surface area contributed by atoms with Crippen LogP contribution >= 0.6 is 0 Å². The smallest absolute Gasteiger partial charge is 0.314 e. The molecule has 2 aliphatic rings. The number of amides is 2. The zero-order valence-corrected chi connectivity index (χ0v) is 13.7. The SMILES string of the molecule is CC1CCCCN1CCCNC(=O)NCCC1CCCC1. The molecule has 2 rings (SSSR count). The maximum Gasteiger partial charge on any atom is 0.314 e. The first-order valence-electron chi connectivity index (χ1n) is 9.01. The first-order valence-corrected chi connectivity index (χ1v) is 9.01. The summed E-state index contributed by atoms with van der Waals surface area (Å²) < 4.78 is 0. The number of carbonyl (C=O) groups is 1. The molecule has 1 saturated carbocycles. The lowest BCUT2D eigenvalue weighted by Crippen LogP contribution is -2.41. The summed E-state index contributed by atoms with van der Waals surface area (Å²) in [4.78, 5) is 14.3. The van der Waals surface area contributed by atoms with Crippen molar-refractivity contribution >= 4 is 6.03 Å². The van der Waals surface area contributed by atoms with E-state index < -0.39 is 0 Å². The number of carbonyl (C=O) groups excluding carboxylic acids is 1. The van der Waals surface area contributed by atoms with Gasteiger partial charge in [0.05, 0.1) is 0 Å². The molecule has 122 valence electrons. The van der Waals surface area contributed by atoms with E-state index in [0.717, 1.165) is 44.4 Å². The van der Waals surface area contributed by atoms with Crippen molar-refractivity contribution in [2.45, 2.75) is 70.8 Å². The van der Waals surface area contributed by atoms with Crippen molar-refractivity contribution < 1.29 is 4.79 Å². The van der Waals surface area contributed by atoms with E-state index >= 15 is 0 Å². The first-order chi connectivity index (χ1) is 10.3. The summed E-state index contributed by atoms with van der Waals surface area (Å²) >= 11 is 0. The van der Waals surface area contributed by atoms with Crippen LogP contribution in [0.15, 0.2) is 0 Å². The molecule has 0 aromatic carbocycles. The van der Waals surface area contributed by atoms with E-state index in [2.05, 4.69) is 22.5 Å². The number of urea groups is 1. The van der Waals surface area contributed by atoms with Crippen LogP contribution in [0.3, 0.4) is 0 Å². The van der Waals surface area contributed by atoms with Gasteiger partial charge in [0, 0.05) is 25.7 Å². The molecule has 1 unspecified atom stereocenters. The molecular weight excluding hydrogens is 262 g/mol. The van der Waals surface area contributed by atoms with Gasteiger partial charge < -0.3 is 15.5 Å². The van der Waals surface area contributed by atoms with Crippen LogP contribution in [0.1, 0.15) is 64.7 Å². The first kappa shape index (κ1) is 16.6. The third-order valence-corrected chi connectivity index (χ3v) is 5.16. The summed E-state index contributed by atoms with van der Waals surface area (Å²) in [6.07, 6.45) is 11.7. The van der Waals surface area contributed by atoms with Gasteiger partial charge in [0.25, 0.3) is 0 Å². The van der Waals surface area contributed by atoms with E-state index in [1.165, 1.54) is 51.5 Å². The lowest BCUT2D eigenvalue weighted by atomic mass is 10.0. The highest BCUT2D eigenvalue weighted by Crippen LogP contribution is 2.26. The lowest BCUT2D eigenvalue weighted by Gasteiger charge is -2.33. The lowest BCUT2D eigenvalue weighted by molar-refractivity contribution is 0.159. The molecule has 4 nitrogen and oxygen atoms in total. The number of rotatable bonds is 7. The standard InChI is InChI=1S/C17H33N3O/c1-15-7-4-5-13-20(15)14-6-11-18-17(21)19-12-10-16-8-2-3-9-16/h15-16H,2-14H2,1H3,(H2,18,19,21). The minimum atomic E-state index is 0.0136. The Kier molecular flexibility index (Phi) is 7.34. The van der Waals surface area contributed by atoms with Gasteiger partial charge in [0.2, 0.25) is 0 Å². The summed E-state index contributed by atoms with van der Waals surface area (Å²) in [5.74, 6) is 0.853. The number of likely N-dealkylation sites (tertiary alicyclic amines) is 1. The summed E-state index contributed by atoms with van der Waals surface area (Å²) in [5.41, 5.74) is 0. The largest absolute Gasteiger partial charge is 0.338 e. The quantitative estimate of drug-likeness (QED) is 0.709. The molecule has 1 heterocycles. The number of hydrogen-bond acceptors (Lipinski definition) is 2. The maximum absolute atomic E-state index is 11.7. The highest BCUT2D eigenvalue weighted by Gasteiger charge is 2.17. The van der Waals surface area contributed by atoms with Gasteiger partial charge in [-0.1, -0.05) is 32.1 Å². The van der Waals surface area contributed by atoms with Gasteiger partial charge in [0.1, 0.15) is 0 Å². The molecule has 0 bridgehead atoms. The second-order valence-corrected chi connectivity index (χ2v) is 6.86. The van der Waals surface area contributed by atoms with Crippen LogP contribution in [0.25, 0.3) is 0 Å². The molecule has 4 heteroatoms. The average Bonchev–Trinajstić information content (AvgIpc) is 2.98. The van der Waals surface area contributed by atoms with Crippen LogP contribution < -0.4 is 10.6 Å². The minimum absolute atomic E-state index is 0.0136. The van der Waals surface area contributed by atoms with Crippen LogP contribution in [0, 0.1) is 5.92 Å². The van der Waals surface area contributed by atoms with Crippen LogP contribution in [0.5, 0.6) is 0 Å². The fourth-order valence-corrected chi connectivity index (χ4v) is 3.73. The van der Waals surface area contributed by atoms with Gasteiger partial charge in [-0.2, -0.15) is 0 Å². The summed E-state index contributed by atoms with van der Waals surface area (Å²) in [6.45, 7) is 6.29. The highest BCUT2D eigenvalue weighted by atomic mass is 16.2. The molecule has 0 spiro atoms. The van der Waals surface area contributed by atoms with E-state index in [4.69, 9.17) is 0 Å². The van der Waals surface area contributed by atoms with Crippen LogP contribution in [-0.2, 0) is 0 Å². The Morgan fingerprint density at radius 3 is 2.52 bits per heavy atom. The van der Waals surface area contributed by atoms with Crippen LogP contribution in [0.4, 0.5) is 4.79 Å². The van der Waals surface area contributed by atoms with Crippen molar-refractivity contribution in [3.05, 3.63) is 0 Å². The maximum atomic E-state index is 11.7. The highest BCUT2D eigenvalue weighted by molar-refractivity contribution is 5.73. The third kappa shape index (κ3) is 6.25. The van der Waals surface area contributed by atoms with E-state index in [9.17, 15) is 4.79 Å². The number of nitrogens with one attached hydrogen (secondary N) is 2. The van der Waals surface area contributed by atoms with Gasteiger partial charge in [-0.15, -0.1) is 0 Å². The number of nitrogens with zero attached hydrogens (tertiary/aromatic N) is 1. The van der Waals surface area contributed by atoms with E-state index in [0.29, 0.717) is 0 Å². The van der Waals surface area contributed by atoms with Gasteiger partial charge in [0.15, 0.2) is 0 Å². The predicted molar refractivity (Wildman–Crippen MR) is 87.5 cm³/mol. The minimum Gasteiger partial charge on any atom is -0.338 e. The monoisotopic (exact) mass is 295 g/mol. The fourth-order valence-electron chi connectivity index (χ4n) is 3.73. The van der Waals surface area contributed by atoms with E-state index in [1.807, 2.05) is 0 Å². The molecule has 2 fully saturated rings. The topological polar surface area (TPSA) is 44.4 Å². The van der Waals surface area contributed by atoms with Crippen LogP contribution in [-0.4, -0.2) is 43.2 Å². The molecule has 1 atom stereocenters. The summed E-state index contributed by atoms with van der Waals surface area (Å²) in [6, 6.07) is 0.735.